The first-order valence-electron chi connectivity index (χ1n) is 6.25. The molecule has 1 N–H and O–H groups in total. The van der Waals surface area contributed by atoms with E-state index < -0.39 is 0 Å². The summed E-state index contributed by atoms with van der Waals surface area (Å²) in [4.78, 5) is 0. The van der Waals surface area contributed by atoms with Crippen molar-refractivity contribution in [1.29, 1.82) is 0 Å². The normalized spacial score (nSPS) is 17.1. The molecule has 94 valence electrons. The molecule has 1 aliphatic rings. The van der Waals surface area contributed by atoms with Gasteiger partial charge in [-0.25, -0.2) is 0 Å². The van der Waals surface area contributed by atoms with Crippen molar-refractivity contribution in [2.75, 3.05) is 20.2 Å². The summed E-state index contributed by atoms with van der Waals surface area (Å²) >= 11 is 0. The predicted octanol–water partition coefficient (Wildman–Crippen LogP) is 2.27. The minimum absolute atomic E-state index is 0.390. The van der Waals surface area contributed by atoms with Gasteiger partial charge in [0.2, 0.25) is 0 Å². The number of hydrogen-bond acceptors (Lipinski definition) is 3. The zero-order valence-corrected chi connectivity index (χ0v) is 10.7. The van der Waals surface area contributed by atoms with Crippen LogP contribution in [0, 0.1) is 6.92 Å². The van der Waals surface area contributed by atoms with Crippen LogP contribution >= 0.6 is 0 Å². The number of rotatable bonds is 4. The largest absolute Gasteiger partial charge is 0.496 e. The maximum absolute atomic E-state index is 5.95. The first-order valence-corrected chi connectivity index (χ1v) is 6.25. The van der Waals surface area contributed by atoms with Crippen LogP contribution in [-0.4, -0.2) is 26.3 Å². The Morgan fingerprint density at radius 1 is 1.29 bits per heavy atom. The lowest BCUT2D eigenvalue weighted by Gasteiger charge is -2.23. The second kappa shape index (κ2) is 6.03. The van der Waals surface area contributed by atoms with Crippen LogP contribution in [0.5, 0.6) is 5.75 Å². The molecule has 0 saturated carbocycles. The van der Waals surface area contributed by atoms with E-state index in [-0.39, 0.29) is 0 Å². The van der Waals surface area contributed by atoms with Gasteiger partial charge in [-0.15, -0.1) is 0 Å². The lowest BCUT2D eigenvalue weighted by molar-refractivity contribution is 0.0203. The Bertz CT molecular complexity index is 359. The monoisotopic (exact) mass is 235 g/mol. The summed E-state index contributed by atoms with van der Waals surface area (Å²) in [5.41, 5.74) is 2.39. The van der Waals surface area contributed by atoms with Gasteiger partial charge in [0, 0.05) is 5.56 Å². The highest BCUT2D eigenvalue weighted by Gasteiger charge is 2.14. The summed E-state index contributed by atoms with van der Waals surface area (Å²) in [6.07, 6.45) is 2.60. The molecule has 1 aromatic rings. The number of benzene rings is 1. The van der Waals surface area contributed by atoms with Gasteiger partial charge in [-0.3, -0.25) is 0 Å². The van der Waals surface area contributed by atoms with Gasteiger partial charge < -0.3 is 14.8 Å². The maximum Gasteiger partial charge on any atom is 0.124 e. The Morgan fingerprint density at radius 3 is 2.76 bits per heavy atom. The SMILES string of the molecule is COc1ccc(C)cc1COC1CCNCC1. The van der Waals surface area contributed by atoms with Crippen LogP contribution < -0.4 is 10.1 Å². The number of nitrogens with one attached hydrogen (secondary N) is 1. The van der Waals surface area contributed by atoms with Gasteiger partial charge in [-0.1, -0.05) is 17.7 Å². The van der Waals surface area contributed by atoms with Crippen LogP contribution in [0.4, 0.5) is 0 Å². The average Bonchev–Trinajstić information content (AvgIpc) is 2.38. The second-order valence-electron chi connectivity index (χ2n) is 4.58. The summed E-state index contributed by atoms with van der Waals surface area (Å²) in [5, 5.41) is 3.34. The van der Waals surface area contributed by atoms with E-state index >= 15 is 0 Å². The Labute approximate surface area is 103 Å². The summed E-state index contributed by atoms with van der Waals surface area (Å²) in [6.45, 7) is 4.87. The molecular weight excluding hydrogens is 214 g/mol. The fourth-order valence-electron chi connectivity index (χ4n) is 2.19. The Kier molecular flexibility index (Phi) is 4.40. The predicted molar refractivity (Wildman–Crippen MR) is 68.4 cm³/mol. The number of piperidine rings is 1. The van der Waals surface area contributed by atoms with Crippen molar-refractivity contribution in [2.45, 2.75) is 32.5 Å². The molecule has 1 aliphatic heterocycles. The average molecular weight is 235 g/mol. The molecule has 1 saturated heterocycles. The molecule has 3 nitrogen and oxygen atoms in total. The number of hydrogen-bond donors (Lipinski definition) is 1. The standard InChI is InChI=1S/C14H21NO2/c1-11-3-4-14(16-2)12(9-11)10-17-13-5-7-15-8-6-13/h3-4,9,13,15H,5-8,10H2,1-2H3. The smallest absolute Gasteiger partial charge is 0.124 e. The molecule has 1 fully saturated rings. The third-order valence-electron chi connectivity index (χ3n) is 3.20. The van der Waals surface area contributed by atoms with Crippen molar-refractivity contribution < 1.29 is 9.47 Å². The van der Waals surface area contributed by atoms with E-state index in [0.29, 0.717) is 12.7 Å². The molecule has 1 heterocycles. The minimum Gasteiger partial charge on any atom is -0.496 e. The van der Waals surface area contributed by atoms with E-state index in [1.54, 1.807) is 7.11 Å². The highest BCUT2D eigenvalue weighted by molar-refractivity contribution is 5.36. The van der Waals surface area contributed by atoms with E-state index in [4.69, 9.17) is 9.47 Å². The third kappa shape index (κ3) is 3.45. The van der Waals surface area contributed by atoms with Gasteiger partial charge >= 0.3 is 0 Å². The Balaban J connectivity index is 1.95. The molecule has 0 radical (unpaired) electrons. The molecule has 0 spiro atoms. The molecule has 0 atom stereocenters. The first kappa shape index (κ1) is 12.4. The fraction of sp³-hybridized carbons (Fsp3) is 0.571. The van der Waals surface area contributed by atoms with E-state index in [1.165, 1.54) is 5.56 Å². The van der Waals surface area contributed by atoms with Crippen molar-refractivity contribution in [1.82, 2.24) is 5.32 Å². The van der Waals surface area contributed by atoms with E-state index in [1.807, 2.05) is 6.07 Å². The van der Waals surface area contributed by atoms with Crippen molar-refractivity contribution in [3.63, 3.8) is 0 Å². The van der Waals surface area contributed by atoms with Crippen molar-refractivity contribution >= 4 is 0 Å². The van der Waals surface area contributed by atoms with Crippen LogP contribution in [0.25, 0.3) is 0 Å². The van der Waals surface area contributed by atoms with Crippen LogP contribution in [0.15, 0.2) is 18.2 Å². The molecule has 17 heavy (non-hydrogen) atoms. The van der Waals surface area contributed by atoms with Crippen molar-refractivity contribution in [3.05, 3.63) is 29.3 Å². The third-order valence-corrected chi connectivity index (χ3v) is 3.20. The van der Waals surface area contributed by atoms with Crippen LogP contribution in [-0.2, 0) is 11.3 Å². The fourth-order valence-corrected chi connectivity index (χ4v) is 2.19. The topological polar surface area (TPSA) is 30.5 Å². The lowest BCUT2D eigenvalue weighted by Crippen LogP contribution is -2.32. The highest BCUT2D eigenvalue weighted by Crippen LogP contribution is 2.22. The highest BCUT2D eigenvalue weighted by atomic mass is 16.5. The summed E-state index contributed by atoms with van der Waals surface area (Å²) in [7, 11) is 1.71. The molecular formula is C14H21NO2. The zero-order chi connectivity index (χ0) is 12.1. The summed E-state index contributed by atoms with van der Waals surface area (Å²) in [6, 6.07) is 6.21. The van der Waals surface area contributed by atoms with Gasteiger partial charge in [-0.2, -0.15) is 0 Å². The second-order valence-corrected chi connectivity index (χ2v) is 4.58. The molecule has 0 unspecified atom stereocenters. The number of aryl methyl sites for hydroxylation is 1. The molecule has 0 bridgehead atoms. The molecule has 1 aromatic carbocycles. The van der Waals surface area contributed by atoms with Gasteiger partial charge in [0.15, 0.2) is 0 Å². The Hall–Kier alpha value is -1.06. The molecule has 2 rings (SSSR count). The van der Waals surface area contributed by atoms with E-state index in [9.17, 15) is 0 Å². The first-order chi connectivity index (χ1) is 8.29. The molecule has 0 aromatic heterocycles. The van der Waals surface area contributed by atoms with Gasteiger partial charge in [0.05, 0.1) is 19.8 Å². The molecule has 3 heteroatoms. The number of ether oxygens (including phenoxy) is 2. The maximum atomic E-state index is 5.95. The van der Waals surface area contributed by atoms with Crippen molar-refractivity contribution in [2.24, 2.45) is 0 Å². The minimum atomic E-state index is 0.390. The summed E-state index contributed by atoms with van der Waals surface area (Å²) < 4.78 is 11.3. The zero-order valence-electron chi connectivity index (χ0n) is 10.7. The lowest BCUT2D eigenvalue weighted by atomic mass is 10.1. The quantitative estimate of drug-likeness (QED) is 0.868. The van der Waals surface area contributed by atoms with Crippen molar-refractivity contribution in [3.8, 4) is 5.75 Å². The van der Waals surface area contributed by atoms with Gasteiger partial charge in [0.1, 0.15) is 5.75 Å². The van der Waals surface area contributed by atoms with E-state index in [0.717, 1.165) is 37.2 Å². The van der Waals surface area contributed by atoms with Gasteiger partial charge in [-0.05, 0) is 38.9 Å². The summed E-state index contributed by atoms with van der Waals surface area (Å²) in [5.74, 6) is 0.921. The molecule has 0 amide bonds. The molecule has 0 aliphatic carbocycles. The van der Waals surface area contributed by atoms with Gasteiger partial charge in [0.25, 0.3) is 0 Å². The van der Waals surface area contributed by atoms with Crippen LogP contribution in [0.3, 0.4) is 0 Å². The van der Waals surface area contributed by atoms with E-state index in [2.05, 4.69) is 24.4 Å². The Morgan fingerprint density at radius 2 is 2.06 bits per heavy atom. The van der Waals surface area contributed by atoms with Crippen LogP contribution in [0.2, 0.25) is 0 Å². The van der Waals surface area contributed by atoms with Crippen LogP contribution in [0.1, 0.15) is 24.0 Å². The number of methoxy groups -OCH3 is 1.